The molecule has 0 heterocycles. The Hall–Kier alpha value is 0.320. The van der Waals surface area contributed by atoms with Crippen molar-refractivity contribution >= 4 is 14.0 Å². The van der Waals surface area contributed by atoms with Crippen LogP contribution in [-0.2, 0) is 22.9 Å². The number of fused-ring (bicyclic) bond motifs is 1. The molecule has 1 aromatic rings. The standard InChI is InChI=1S/C15H20P.C10H15.2ClH.Hf/c1-3-9-16(10-4-2)15-11-13-7-5-6-8-14(13)12-15;1-3-6-9(2)10-7-4-5-8-10;;;/h5-8,11-12H,3-4,9-10H2,1-2H3;4,7,9H,3,5-6H2,1-2H3;2*1H;/q;;;;+2/p-2. The molecule has 0 radical (unpaired) electrons. The topological polar surface area (TPSA) is 0 Å². The number of hydrogen-bond donors (Lipinski definition) is 0. The van der Waals surface area contributed by atoms with Gasteiger partial charge in [0.05, 0.1) is 0 Å². The summed E-state index contributed by atoms with van der Waals surface area (Å²) in [5.41, 5.74) is 4.95. The van der Waals surface area contributed by atoms with E-state index in [9.17, 15) is 0 Å². The van der Waals surface area contributed by atoms with Crippen molar-refractivity contribution in [2.24, 2.45) is 5.92 Å². The first-order valence-electron chi connectivity index (χ1n) is 10.9. The molecule has 29 heavy (non-hydrogen) atoms. The molecule has 0 N–H and O–H groups in total. The van der Waals surface area contributed by atoms with E-state index in [1.165, 1.54) is 44.4 Å². The smallest absolute Gasteiger partial charge is 1.00 e. The summed E-state index contributed by atoms with van der Waals surface area (Å²) in [6.45, 7) is 9.53. The molecule has 2 unspecified atom stereocenters. The van der Waals surface area contributed by atoms with Crippen molar-refractivity contribution < 1.29 is 47.7 Å². The minimum Gasteiger partial charge on any atom is -1.00 e. The van der Waals surface area contributed by atoms with Gasteiger partial charge in [-0.15, -0.1) is 0 Å². The van der Waals surface area contributed by atoms with Gasteiger partial charge in [-0.2, -0.15) is 0 Å². The van der Waals surface area contributed by atoms with Crippen molar-refractivity contribution in [3.63, 3.8) is 0 Å². The molecule has 0 amide bonds. The first-order chi connectivity index (χ1) is 13.2. The van der Waals surface area contributed by atoms with Crippen LogP contribution in [0.5, 0.6) is 0 Å². The van der Waals surface area contributed by atoms with E-state index in [-0.39, 0.29) is 32.7 Å². The summed E-state index contributed by atoms with van der Waals surface area (Å²) in [5, 5.41) is 1.88. The van der Waals surface area contributed by atoms with E-state index < -0.39 is 22.9 Å². The average molecular weight is 616 g/mol. The maximum absolute atomic E-state index is 2.63. The molecule has 1 aromatic carbocycles. The number of benzene rings is 1. The van der Waals surface area contributed by atoms with Crippen molar-refractivity contribution in [2.75, 3.05) is 12.3 Å². The van der Waals surface area contributed by atoms with Crippen LogP contribution in [0.15, 0.2) is 50.6 Å². The molecule has 0 saturated heterocycles. The van der Waals surface area contributed by atoms with Crippen LogP contribution in [-0.4, -0.2) is 12.3 Å². The molecule has 2 aliphatic carbocycles. The summed E-state index contributed by atoms with van der Waals surface area (Å²) in [6.07, 6.45) is 17.0. The minimum atomic E-state index is -0.932. The molecule has 158 valence electrons. The van der Waals surface area contributed by atoms with Crippen molar-refractivity contribution in [2.45, 2.75) is 63.5 Å². The quantitative estimate of drug-likeness (QED) is 0.280. The van der Waals surface area contributed by atoms with Gasteiger partial charge in [-0.25, -0.2) is 0 Å². The Balaban J connectivity index is 0.00000210. The van der Waals surface area contributed by atoms with Gasteiger partial charge in [-0.3, -0.25) is 0 Å². The van der Waals surface area contributed by atoms with Gasteiger partial charge in [-0.05, 0) is 0 Å². The SMILES string of the molecule is CCCC(C)C1=[C]([Hf+2][CH]2C(P(CCC)CCC)=Cc3ccccc32)CC=C1.[Cl-].[Cl-]. The molecular formula is C25H35Cl2HfP. The van der Waals surface area contributed by atoms with E-state index in [1.807, 2.05) is 8.64 Å². The summed E-state index contributed by atoms with van der Waals surface area (Å²) in [5.74, 6) is 0.758. The second-order valence-electron chi connectivity index (χ2n) is 7.99. The van der Waals surface area contributed by atoms with Crippen LogP contribution in [0.1, 0.15) is 74.6 Å². The second kappa shape index (κ2) is 13.7. The van der Waals surface area contributed by atoms with Crippen LogP contribution in [0.25, 0.3) is 6.08 Å². The predicted octanol–water partition coefficient (Wildman–Crippen LogP) is 2.12. The van der Waals surface area contributed by atoms with Crippen LogP contribution < -0.4 is 24.8 Å². The Bertz CT molecular complexity index is 732. The summed E-state index contributed by atoms with van der Waals surface area (Å²) >= 11 is -0.932. The molecule has 0 nitrogen and oxygen atoms in total. The Morgan fingerprint density at radius 2 is 1.72 bits per heavy atom. The largest absolute Gasteiger partial charge is 1.00 e. The Labute approximate surface area is 204 Å². The van der Waals surface area contributed by atoms with E-state index in [1.54, 1.807) is 16.7 Å². The third-order valence-corrected chi connectivity index (χ3v) is 16.1. The number of rotatable bonds is 10. The van der Waals surface area contributed by atoms with Crippen LogP contribution in [0.3, 0.4) is 0 Å². The van der Waals surface area contributed by atoms with Gasteiger partial charge in [0.25, 0.3) is 0 Å². The predicted molar refractivity (Wildman–Crippen MR) is 119 cm³/mol. The Kier molecular flexibility index (Phi) is 12.9. The fourth-order valence-corrected chi connectivity index (χ4v) is 15.9. The van der Waals surface area contributed by atoms with Crippen molar-refractivity contribution in [1.29, 1.82) is 0 Å². The average Bonchev–Trinajstić information content (AvgIpc) is 3.27. The van der Waals surface area contributed by atoms with Crippen molar-refractivity contribution in [3.05, 3.63) is 61.8 Å². The molecule has 0 spiro atoms. The van der Waals surface area contributed by atoms with E-state index in [4.69, 9.17) is 0 Å². The molecule has 0 saturated carbocycles. The fourth-order valence-electron chi connectivity index (χ4n) is 4.53. The molecule has 2 aliphatic rings. The molecule has 0 fully saturated rings. The van der Waals surface area contributed by atoms with Crippen LogP contribution in [0.2, 0.25) is 0 Å². The normalized spacial score (nSPS) is 18.1. The van der Waals surface area contributed by atoms with Crippen LogP contribution in [0, 0.1) is 5.92 Å². The van der Waals surface area contributed by atoms with Gasteiger partial charge in [0.1, 0.15) is 0 Å². The van der Waals surface area contributed by atoms with Crippen LogP contribution >= 0.6 is 7.92 Å². The molecule has 3 rings (SSSR count). The number of hydrogen-bond acceptors (Lipinski definition) is 0. The molecule has 0 bridgehead atoms. The zero-order valence-corrected chi connectivity index (χ0v) is 24.3. The van der Waals surface area contributed by atoms with Gasteiger partial charge in [0.15, 0.2) is 0 Å². The summed E-state index contributed by atoms with van der Waals surface area (Å²) in [4.78, 5) is 0. The fraction of sp³-hybridized carbons (Fsp3) is 0.520. The maximum atomic E-state index is 2.63. The Morgan fingerprint density at radius 1 is 1.03 bits per heavy atom. The van der Waals surface area contributed by atoms with E-state index >= 15 is 0 Å². The van der Waals surface area contributed by atoms with Gasteiger partial charge in [0, 0.05) is 0 Å². The first kappa shape index (κ1) is 27.4. The van der Waals surface area contributed by atoms with Crippen LogP contribution in [0.4, 0.5) is 0 Å². The van der Waals surface area contributed by atoms with E-state index in [2.05, 4.69) is 70.2 Å². The second-order valence-corrected chi connectivity index (χ2v) is 15.8. The molecule has 0 aliphatic heterocycles. The van der Waals surface area contributed by atoms with Gasteiger partial charge < -0.3 is 24.8 Å². The van der Waals surface area contributed by atoms with E-state index in [0.717, 1.165) is 9.59 Å². The minimum absolute atomic E-state index is 0. The van der Waals surface area contributed by atoms with Gasteiger partial charge in [0.2, 0.25) is 0 Å². The van der Waals surface area contributed by atoms with Crippen molar-refractivity contribution in [1.82, 2.24) is 0 Å². The summed E-state index contributed by atoms with van der Waals surface area (Å²) in [6, 6.07) is 9.32. The monoisotopic (exact) mass is 616 g/mol. The molecular weight excluding hydrogens is 581 g/mol. The van der Waals surface area contributed by atoms with Gasteiger partial charge in [-0.1, -0.05) is 0 Å². The number of allylic oxidation sites excluding steroid dienone is 5. The molecule has 2 atom stereocenters. The zero-order chi connectivity index (χ0) is 19.2. The third kappa shape index (κ3) is 6.65. The summed E-state index contributed by atoms with van der Waals surface area (Å²) < 4.78 is 2.73. The maximum Gasteiger partial charge on any atom is -1.00 e. The first-order valence-corrected chi connectivity index (χ1v) is 16.5. The third-order valence-electron chi connectivity index (χ3n) is 5.80. The number of halogens is 2. The van der Waals surface area contributed by atoms with Crippen molar-refractivity contribution in [3.8, 4) is 0 Å². The zero-order valence-electron chi connectivity index (χ0n) is 18.3. The summed E-state index contributed by atoms with van der Waals surface area (Å²) in [7, 11) is 0.0626. The van der Waals surface area contributed by atoms with E-state index in [0.29, 0.717) is 0 Å². The molecule has 4 heteroatoms. The Morgan fingerprint density at radius 3 is 2.38 bits per heavy atom. The van der Waals surface area contributed by atoms with Gasteiger partial charge >= 0.3 is 180 Å². The molecule has 0 aromatic heterocycles.